The molecule has 128 valence electrons. The van der Waals surface area contributed by atoms with Crippen LogP contribution in [0.1, 0.15) is 39.0 Å². The number of piperazine rings is 1. The van der Waals surface area contributed by atoms with Crippen molar-refractivity contribution < 1.29 is 9.57 Å². The molecule has 1 aliphatic carbocycles. The number of ether oxygens (including phenoxy) is 1. The van der Waals surface area contributed by atoms with Crippen molar-refractivity contribution in [2.24, 2.45) is 11.8 Å². The van der Waals surface area contributed by atoms with Crippen LogP contribution in [-0.4, -0.2) is 51.3 Å². The van der Waals surface area contributed by atoms with E-state index in [1.807, 2.05) is 0 Å². The molecular weight excluding hydrogens is 280 g/mol. The molecule has 22 heavy (non-hydrogen) atoms. The first-order valence-electron chi connectivity index (χ1n) is 8.88. The van der Waals surface area contributed by atoms with Crippen LogP contribution in [0.3, 0.4) is 0 Å². The lowest BCUT2D eigenvalue weighted by atomic mass is 9.77. The summed E-state index contributed by atoms with van der Waals surface area (Å²) in [5.41, 5.74) is 3.24. The van der Waals surface area contributed by atoms with Gasteiger partial charge in [0, 0.05) is 26.2 Å². The molecule has 6 heteroatoms. The van der Waals surface area contributed by atoms with Gasteiger partial charge in [0.15, 0.2) is 0 Å². The summed E-state index contributed by atoms with van der Waals surface area (Å²) < 4.78 is 5.28. The number of hydrogen-bond acceptors (Lipinski definition) is 6. The lowest BCUT2D eigenvalue weighted by molar-refractivity contribution is 0.0267. The van der Waals surface area contributed by atoms with Gasteiger partial charge >= 0.3 is 0 Å². The summed E-state index contributed by atoms with van der Waals surface area (Å²) >= 11 is 0. The van der Waals surface area contributed by atoms with Crippen molar-refractivity contribution in [3.8, 4) is 0 Å². The minimum absolute atomic E-state index is 0.150. The standard InChI is InChI=1S/C16H32N4O2/c1-11-7-14(20-22-11)13-5-3-12(4-6-13)8-17-15-9-19-16(21-2)10-18-15/h11-20H,3-10H2,1-2H3. The summed E-state index contributed by atoms with van der Waals surface area (Å²) in [4.78, 5) is 5.50. The normalized spacial score (nSPS) is 43.4. The van der Waals surface area contributed by atoms with E-state index >= 15 is 0 Å². The molecule has 0 amide bonds. The van der Waals surface area contributed by atoms with Crippen LogP contribution in [0.4, 0.5) is 0 Å². The summed E-state index contributed by atoms with van der Waals surface area (Å²) in [6, 6.07) is 0.582. The Morgan fingerprint density at radius 3 is 2.55 bits per heavy atom. The molecule has 2 saturated heterocycles. The predicted octanol–water partition coefficient (Wildman–Crippen LogP) is 0.556. The zero-order valence-corrected chi connectivity index (χ0v) is 13.9. The van der Waals surface area contributed by atoms with Gasteiger partial charge in [-0.25, -0.2) is 0 Å². The van der Waals surface area contributed by atoms with E-state index in [0.29, 0.717) is 18.3 Å². The first-order valence-corrected chi connectivity index (χ1v) is 8.88. The van der Waals surface area contributed by atoms with Gasteiger partial charge in [-0.05, 0) is 57.4 Å². The van der Waals surface area contributed by atoms with Crippen LogP contribution in [0.2, 0.25) is 0 Å². The second kappa shape index (κ2) is 8.04. The average molecular weight is 312 g/mol. The Hall–Kier alpha value is -0.240. The molecule has 6 nitrogen and oxygen atoms in total. The monoisotopic (exact) mass is 312 g/mol. The molecule has 2 heterocycles. The highest BCUT2D eigenvalue weighted by atomic mass is 16.7. The van der Waals surface area contributed by atoms with Gasteiger partial charge < -0.3 is 10.1 Å². The molecule has 0 aromatic rings. The molecule has 0 radical (unpaired) electrons. The van der Waals surface area contributed by atoms with Gasteiger partial charge in [-0.2, -0.15) is 5.48 Å². The van der Waals surface area contributed by atoms with E-state index in [1.165, 1.54) is 32.1 Å². The van der Waals surface area contributed by atoms with Crippen molar-refractivity contribution in [3.63, 3.8) is 0 Å². The summed E-state index contributed by atoms with van der Waals surface area (Å²) in [6.45, 7) is 5.07. The Balaban J connectivity index is 1.31. The smallest absolute Gasteiger partial charge is 0.120 e. The molecule has 4 atom stereocenters. The fraction of sp³-hybridized carbons (Fsp3) is 1.00. The van der Waals surface area contributed by atoms with Gasteiger partial charge in [0.2, 0.25) is 0 Å². The van der Waals surface area contributed by atoms with Crippen molar-refractivity contribution in [1.82, 2.24) is 21.4 Å². The minimum atomic E-state index is 0.150. The number of nitrogens with one attached hydrogen (secondary N) is 4. The van der Waals surface area contributed by atoms with Crippen LogP contribution in [0.5, 0.6) is 0 Å². The zero-order chi connectivity index (χ0) is 15.4. The van der Waals surface area contributed by atoms with E-state index in [2.05, 4.69) is 28.4 Å². The number of rotatable bonds is 5. The van der Waals surface area contributed by atoms with Gasteiger partial charge in [0.1, 0.15) is 6.23 Å². The molecular formula is C16H32N4O2. The summed E-state index contributed by atoms with van der Waals surface area (Å²) in [5.74, 6) is 1.62. The number of hydroxylamine groups is 1. The van der Waals surface area contributed by atoms with E-state index in [-0.39, 0.29) is 6.23 Å². The molecule has 4 unspecified atom stereocenters. The first kappa shape index (κ1) is 16.6. The molecule has 2 aliphatic heterocycles. The molecule has 3 aliphatic rings. The minimum Gasteiger partial charge on any atom is -0.365 e. The highest BCUT2D eigenvalue weighted by Gasteiger charge is 2.32. The van der Waals surface area contributed by atoms with E-state index < -0.39 is 0 Å². The van der Waals surface area contributed by atoms with Crippen LogP contribution in [0, 0.1) is 11.8 Å². The molecule has 3 rings (SSSR count). The van der Waals surface area contributed by atoms with Crippen LogP contribution in [0.25, 0.3) is 0 Å². The third-order valence-electron chi connectivity index (χ3n) is 5.50. The Morgan fingerprint density at radius 2 is 1.95 bits per heavy atom. The highest BCUT2D eigenvalue weighted by molar-refractivity contribution is 4.85. The lowest BCUT2D eigenvalue weighted by Crippen LogP contribution is -2.60. The second-order valence-electron chi connectivity index (χ2n) is 7.17. The topological polar surface area (TPSA) is 66.6 Å². The third kappa shape index (κ3) is 4.40. The average Bonchev–Trinajstić information content (AvgIpc) is 3.00. The van der Waals surface area contributed by atoms with Crippen LogP contribution < -0.4 is 21.4 Å². The van der Waals surface area contributed by atoms with E-state index in [4.69, 9.17) is 9.57 Å². The van der Waals surface area contributed by atoms with E-state index in [9.17, 15) is 0 Å². The Labute approximate surface area is 134 Å². The van der Waals surface area contributed by atoms with Crippen molar-refractivity contribution in [1.29, 1.82) is 0 Å². The predicted molar refractivity (Wildman–Crippen MR) is 86.1 cm³/mol. The molecule has 0 aromatic heterocycles. The molecule has 4 N–H and O–H groups in total. The summed E-state index contributed by atoms with van der Waals surface area (Å²) in [6.07, 6.45) is 7.42. The Morgan fingerprint density at radius 1 is 1.14 bits per heavy atom. The fourth-order valence-corrected chi connectivity index (χ4v) is 4.00. The maximum Gasteiger partial charge on any atom is 0.120 e. The van der Waals surface area contributed by atoms with E-state index in [0.717, 1.165) is 31.5 Å². The molecule has 0 bridgehead atoms. The summed E-state index contributed by atoms with van der Waals surface area (Å²) in [7, 11) is 1.75. The van der Waals surface area contributed by atoms with Gasteiger partial charge in [-0.15, -0.1) is 0 Å². The van der Waals surface area contributed by atoms with Gasteiger partial charge in [-0.1, -0.05) is 0 Å². The summed E-state index contributed by atoms with van der Waals surface area (Å²) in [5, 5.41) is 10.5. The van der Waals surface area contributed by atoms with Crippen LogP contribution >= 0.6 is 0 Å². The van der Waals surface area contributed by atoms with Gasteiger partial charge in [0.05, 0.1) is 12.3 Å². The van der Waals surface area contributed by atoms with Crippen molar-refractivity contribution in [2.75, 3.05) is 26.7 Å². The first-order chi connectivity index (χ1) is 10.7. The quantitative estimate of drug-likeness (QED) is 0.595. The van der Waals surface area contributed by atoms with Crippen molar-refractivity contribution >= 4 is 0 Å². The number of methoxy groups -OCH3 is 1. The van der Waals surface area contributed by atoms with Gasteiger partial charge in [-0.3, -0.25) is 15.5 Å². The van der Waals surface area contributed by atoms with Gasteiger partial charge in [0.25, 0.3) is 0 Å². The SMILES string of the molecule is COC1CNC(NCC2CCC(C3CC(C)ON3)CC2)CN1. The Kier molecular flexibility index (Phi) is 6.07. The van der Waals surface area contributed by atoms with Crippen molar-refractivity contribution in [3.05, 3.63) is 0 Å². The maximum atomic E-state index is 5.50. The Bertz CT molecular complexity index is 328. The maximum absolute atomic E-state index is 5.50. The highest BCUT2D eigenvalue weighted by Crippen LogP contribution is 2.33. The van der Waals surface area contributed by atoms with Crippen molar-refractivity contribution in [2.45, 2.75) is 63.6 Å². The molecule has 0 spiro atoms. The lowest BCUT2D eigenvalue weighted by Gasteiger charge is -2.34. The van der Waals surface area contributed by atoms with Crippen LogP contribution in [0.15, 0.2) is 0 Å². The fourth-order valence-electron chi connectivity index (χ4n) is 4.00. The van der Waals surface area contributed by atoms with Crippen LogP contribution in [-0.2, 0) is 9.57 Å². The molecule has 1 saturated carbocycles. The molecule has 3 fully saturated rings. The van der Waals surface area contributed by atoms with E-state index in [1.54, 1.807) is 7.11 Å². The zero-order valence-electron chi connectivity index (χ0n) is 13.9. The molecule has 0 aromatic carbocycles. The second-order valence-corrected chi connectivity index (χ2v) is 7.17. The largest absolute Gasteiger partial charge is 0.365 e. The number of hydrogen-bond donors (Lipinski definition) is 4. The third-order valence-corrected chi connectivity index (χ3v) is 5.50.